The van der Waals surface area contributed by atoms with Crippen LogP contribution in [-0.2, 0) is 19.6 Å². The molecule has 1 amide bonds. The van der Waals surface area contributed by atoms with E-state index < -0.39 is 27.4 Å². The predicted molar refractivity (Wildman–Crippen MR) is 102 cm³/mol. The molecule has 27 heavy (non-hydrogen) atoms. The van der Waals surface area contributed by atoms with E-state index in [0.717, 1.165) is 12.8 Å². The number of benzene rings is 1. The minimum atomic E-state index is -3.73. The van der Waals surface area contributed by atoms with Crippen LogP contribution in [0.15, 0.2) is 41.8 Å². The Morgan fingerprint density at radius 3 is 2.78 bits per heavy atom. The molecule has 2 atom stereocenters. The van der Waals surface area contributed by atoms with Crippen LogP contribution in [0.4, 0.5) is 0 Å². The second kappa shape index (κ2) is 8.67. The highest BCUT2D eigenvalue weighted by Gasteiger charge is 2.42. The zero-order chi connectivity index (χ0) is 20.1. The molecule has 1 aliphatic rings. The lowest BCUT2D eigenvalue weighted by atomic mass is 9.73. The third-order valence-electron chi connectivity index (χ3n) is 4.92. The number of carbonyl (C=O) groups is 2. The molecule has 2 rings (SSSR count). The lowest BCUT2D eigenvalue weighted by Gasteiger charge is -2.40. The summed E-state index contributed by atoms with van der Waals surface area (Å²) in [5.41, 5.74) is -0.523. The summed E-state index contributed by atoms with van der Waals surface area (Å²) in [7, 11) is -2.39. The van der Waals surface area contributed by atoms with Crippen molar-refractivity contribution in [1.29, 1.82) is 0 Å². The van der Waals surface area contributed by atoms with Gasteiger partial charge < -0.3 is 10.1 Å². The van der Waals surface area contributed by atoms with E-state index >= 15 is 0 Å². The van der Waals surface area contributed by atoms with Crippen LogP contribution in [0.3, 0.4) is 0 Å². The first-order chi connectivity index (χ1) is 12.7. The van der Waals surface area contributed by atoms with E-state index in [-0.39, 0.29) is 23.0 Å². The molecule has 8 heteroatoms. The number of nitrogens with one attached hydrogen (secondary N) is 2. The zero-order valence-electron chi connectivity index (χ0n) is 15.7. The number of hydrogen-bond donors (Lipinski definition) is 2. The Balaban J connectivity index is 2.23. The number of esters is 1. The highest BCUT2D eigenvalue weighted by molar-refractivity contribution is 7.89. The van der Waals surface area contributed by atoms with Gasteiger partial charge in [0.2, 0.25) is 10.0 Å². The summed E-state index contributed by atoms with van der Waals surface area (Å²) in [5, 5.41) is 2.93. The van der Waals surface area contributed by atoms with E-state index in [1.54, 1.807) is 6.07 Å². The standard InChI is InChI=1S/C19H26N2O5S/c1-4-12-20-27(24,25)15-9-7-8-14(13-15)17(22)21-19(2)11-6-5-10-16(19)18(23)26-3/h4,7-9,13,16,20H,1,5-6,10-12H2,2-3H3,(H,21,22)/t16-,19+/m1/s1. The monoisotopic (exact) mass is 394 g/mol. The van der Waals surface area contributed by atoms with Gasteiger partial charge in [0.1, 0.15) is 0 Å². The van der Waals surface area contributed by atoms with E-state index in [9.17, 15) is 18.0 Å². The Bertz CT molecular complexity index is 821. The van der Waals surface area contributed by atoms with Gasteiger partial charge in [-0.15, -0.1) is 6.58 Å². The van der Waals surface area contributed by atoms with E-state index in [0.29, 0.717) is 12.8 Å². The van der Waals surface area contributed by atoms with E-state index in [4.69, 9.17) is 4.74 Å². The maximum absolute atomic E-state index is 12.8. The Morgan fingerprint density at radius 1 is 1.37 bits per heavy atom. The van der Waals surface area contributed by atoms with Gasteiger partial charge in [-0.25, -0.2) is 13.1 Å². The topological polar surface area (TPSA) is 102 Å². The van der Waals surface area contributed by atoms with Crippen molar-refractivity contribution < 1.29 is 22.7 Å². The predicted octanol–water partition coefficient (Wildman–Crippen LogP) is 2.00. The van der Waals surface area contributed by atoms with Crippen LogP contribution < -0.4 is 10.0 Å². The molecule has 0 bridgehead atoms. The minimum absolute atomic E-state index is 0.00434. The quantitative estimate of drug-likeness (QED) is 0.544. The number of ether oxygens (including phenoxy) is 1. The number of sulfonamides is 1. The van der Waals surface area contributed by atoms with Crippen LogP contribution in [0.1, 0.15) is 43.0 Å². The molecule has 1 fully saturated rings. The van der Waals surface area contributed by atoms with Crippen molar-refractivity contribution in [2.75, 3.05) is 13.7 Å². The van der Waals surface area contributed by atoms with Crippen LogP contribution in [-0.4, -0.2) is 39.5 Å². The SMILES string of the molecule is C=CCNS(=O)(=O)c1cccc(C(=O)N[C@@]2(C)CCCC[C@@H]2C(=O)OC)c1. The van der Waals surface area contributed by atoms with Gasteiger partial charge in [0.05, 0.1) is 23.5 Å². The number of amides is 1. The first-order valence-corrected chi connectivity index (χ1v) is 10.3. The second-order valence-corrected chi connectivity index (χ2v) is 8.63. The third-order valence-corrected chi connectivity index (χ3v) is 6.34. The smallest absolute Gasteiger partial charge is 0.311 e. The molecule has 0 aliphatic heterocycles. The molecule has 0 heterocycles. The molecular formula is C19H26N2O5S. The summed E-state index contributed by atoms with van der Waals surface area (Å²) in [6.07, 6.45) is 4.52. The lowest BCUT2D eigenvalue weighted by Crippen LogP contribution is -2.55. The Hall–Kier alpha value is -2.19. The average molecular weight is 394 g/mol. The summed E-state index contributed by atoms with van der Waals surface area (Å²) in [6.45, 7) is 5.40. The molecule has 1 aromatic rings. The normalized spacial score (nSPS) is 22.7. The van der Waals surface area contributed by atoms with Crippen LogP contribution in [0.25, 0.3) is 0 Å². The minimum Gasteiger partial charge on any atom is -0.469 e. The Morgan fingerprint density at radius 2 is 2.11 bits per heavy atom. The first kappa shape index (κ1) is 21.1. The van der Waals surface area contributed by atoms with E-state index in [1.165, 1.54) is 31.4 Å². The number of hydrogen-bond acceptors (Lipinski definition) is 5. The van der Waals surface area contributed by atoms with Gasteiger partial charge in [-0.3, -0.25) is 9.59 Å². The fourth-order valence-corrected chi connectivity index (χ4v) is 4.44. The summed E-state index contributed by atoms with van der Waals surface area (Å²) in [4.78, 5) is 24.9. The fourth-order valence-electron chi connectivity index (χ4n) is 3.39. The molecule has 1 saturated carbocycles. The van der Waals surface area contributed by atoms with Gasteiger partial charge in [0.15, 0.2) is 0 Å². The molecule has 0 unspecified atom stereocenters. The van der Waals surface area contributed by atoms with Crippen LogP contribution in [0, 0.1) is 5.92 Å². The van der Waals surface area contributed by atoms with Crippen LogP contribution >= 0.6 is 0 Å². The van der Waals surface area contributed by atoms with Gasteiger partial charge in [0.25, 0.3) is 5.91 Å². The molecule has 1 aliphatic carbocycles. The van der Waals surface area contributed by atoms with Crippen molar-refractivity contribution >= 4 is 21.9 Å². The third kappa shape index (κ3) is 4.95. The van der Waals surface area contributed by atoms with E-state index in [1.807, 2.05) is 6.92 Å². The van der Waals surface area contributed by atoms with Crippen molar-refractivity contribution in [3.63, 3.8) is 0 Å². The van der Waals surface area contributed by atoms with Crippen molar-refractivity contribution in [2.24, 2.45) is 5.92 Å². The van der Waals surface area contributed by atoms with Crippen LogP contribution in [0.5, 0.6) is 0 Å². The highest BCUT2D eigenvalue weighted by Crippen LogP contribution is 2.34. The van der Waals surface area contributed by atoms with Crippen molar-refractivity contribution in [1.82, 2.24) is 10.0 Å². The summed E-state index contributed by atoms with van der Waals surface area (Å²) < 4.78 is 31.8. The molecule has 0 aromatic heterocycles. The van der Waals surface area contributed by atoms with Gasteiger partial charge in [-0.1, -0.05) is 25.0 Å². The zero-order valence-corrected chi connectivity index (χ0v) is 16.5. The number of methoxy groups -OCH3 is 1. The maximum Gasteiger partial charge on any atom is 0.311 e. The molecule has 0 spiro atoms. The van der Waals surface area contributed by atoms with Crippen molar-refractivity contribution in [2.45, 2.75) is 43.0 Å². The van der Waals surface area contributed by atoms with Crippen LogP contribution in [0.2, 0.25) is 0 Å². The molecule has 7 nitrogen and oxygen atoms in total. The maximum atomic E-state index is 12.8. The Labute approximate surface area is 160 Å². The highest BCUT2D eigenvalue weighted by atomic mass is 32.2. The van der Waals surface area contributed by atoms with Gasteiger partial charge in [-0.05, 0) is 38.0 Å². The number of rotatable bonds is 7. The largest absolute Gasteiger partial charge is 0.469 e. The van der Waals surface area contributed by atoms with Gasteiger partial charge in [-0.2, -0.15) is 0 Å². The number of carbonyl (C=O) groups excluding carboxylic acids is 2. The summed E-state index contributed by atoms with van der Waals surface area (Å²) >= 11 is 0. The second-order valence-electron chi connectivity index (χ2n) is 6.86. The van der Waals surface area contributed by atoms with Crippen molar-refractivity contribution in [3.05, 3.63) is 42.5 Å². The van der Waals surface area contributed by atoms with Gasteiger partial charge >= 0.3 is 5.97 Å². The summed E-state index contributed by atoms with van der Waals surface area (Å²) in [5.74, 6) is -1.20. The average Bonchev–Trinajstić information content (AvgIpc) is 2.66. The molecule has 0 radical (unpaired) electrons. The molecule has 0 saturated heterocycles. The first-order valence-electron chi connectivity index (χ1n) is 8.84. The molecule has 2 N–H and O–H groups in total. The molecule has 1 aromatic carbocycles. The molecular weight excluding hydrogens is 368 g/mol. The van der Waals surface area contributed by atoms with E-state index in [2.05, 4.69) is 16.6 Å². The Kier molecular flexibility index (Phi) is 6.78. The lowest BCUT2D eigenvalue weighted by molar-refractivity contribution is -0.149. The van der Waals surface area contributed by atoms with Crippen molar-refractivity contribution in [3.8, 4) is 0 Å². The fraction of sp³-hybridized carbons (Fsp3) is 0.474. The summed E-state index contributed by atoms with van der Waals surface area (Å²) in [6, 6.07) is 5.79. The molecule has 148 valence electrons. The van der Waals surface area contributed by atoms with Gasteiger partial charge in [0, 0.05) is 12.1 Å².